The second-order valence-electron chi connectivity index (χ2n) is 7.41. The first-order chi connectivity index (χ1) is 12.2. The fourth-order valence-corrected chi connectivity index (χ4v) is 3.06. The van der Waals surface area contributed by atoms with Crippen molar-refractivity contribution in [1.29, 1.82) is 0 Å². The fourth-order valence-electron chi connectivity index (χ4n) is 3.06. The molecule has 0 fully saturated rings. The average Bonchev–Trinajstić information content (AvgIpc) is 2.58. The van der Waals surface area contributed by atoms with Crippen LogP contribution in [0.3, 0.4) is 0 Å². The number of rotatable bonds is 8. The normalized spacial score (nSPS) is 14.8. The molecule has 140 valence electrons. The number of pyridine rings is 1. The number of carbonyl (C=O) groups is 1. The van der Waals surface area contributed by atoms with Crippen molar-refractivity contribution in [3.8, 4) is 0 Å². The smallest absolute Gasteiger partial charge is 0.337 e. The van der Waals surface area contributed by atoms with Crippen LogP contribution >= 0.6 is 0 Å². The van der Waals surface area contributed by atoms with Crippen molar-refractivity contribution in [2.45, 2.75) is 51.7 Å². The van der Waals surface area contributed by atoms with Crippen molar-refractivity contribution in [3.63, 3.8) is 0 Å². The van der Waals surface area contributed by atoms with Gasteiger partial charge >= 0.3 is 5.97 Å². The van der Waals surface area contributed by atoms with Gasteiger partial charge in [0, 0.05) is 24.4 Å². The lowest BCUT2D eigenvalue weighted by Crippen LogP contribution is -2.56. The second kappa shape index (κ2) is 8.43. The molecular formula is C21H28N2O3. The minimum atomic E-state index is -2.03. The molecule has 2 rings (SSSR count). The van der Waals surface area contributed by atoms with Crippen molar-refractivity contribution < 1.29 is 15.0 Å². The molecule has 0 spiro atoms. The zero-order chi connectivity index (χ0) is 19.3. The molecule has 0 aliphatic rings. The molecule has 2 aromatic rings. The number of aliphatic carboxylic acids is 1. The minimum Gasteiger partial charge on any atom is -0.479 e. The van der Waals surface area contributed by atoms with Crippen molar-refractivity contribution >= 4 is 5.97 Å². The van der Waals surface area contributed by atoms with Crippen LogP contribution in [0.1, 0.15) is 42.7 Å². The van der Waals surface area contributed by atoms with Gasteiger partial charge in [-0.1, -0.05) is 44.2 Å². The first-order valence-corrected chi connectivity index (χ1v) is 8.92. The highest BCUT2D eigenvalue weighted by Crippen LogP contribution is 2.23. The lowest BCUT2D eigenvalue weighted by atomic mass is 9.84. The van der Waals surface area contributed by atoms with E-state index in [9.17, 15) is 15.0 Å². The molecule has 0 amide bonds. The van der Waals surface area contributed by atoms with Gasteiger partial charge in [-0.05, 0) is 48.4 Å². The Labute approximate surface area is 154 Å². The Morgan fingerprint density at radius 3 is 2.50 bits per heavy atom. The van der Waals surface area contributed by atoms with E-state index < -0.39 is 17.6 Å². The lowest BCUT2D eigenvalue weighted by molar-refractivity contribution is -0.161. The van der Waals surface area contributed by atoms with E-state index >= 15 is 0 Å². The van der Waals surface area contributed by atoms with E-state index in [1.165, 1.54) is 0 Å². The Hall–Kier alpha value is -2.24. The molecule has 2 atom stereocenters. The molecular weight excluding hydrogens is 328 g/mol. The monoisotopic (exact) mass is 356 g/mol. The summed E-state index contributed by atoms with van der Waals surface area (Å²) in [5.74, 6) is -1.12. The summed E-state index contributed by atoms with van der Waals surface area (Å²) in [5, 5.41) is 20.3. The maximum absolute atomic E-state index is 11.7. The molecule has 0 saturated heterocycles. The zero-order valence-electron chi connectivity index (χ0n) is 15.6. The van der Waals surface area contributed by atoms with Crippen LogP contribution in [0.4, 0.5) is 0 Å². The maximum atomic E-state index is 11.7. The van der Waals surface area contributed by atoms with Crippen LogP contribution in [0, 0.1) is 12.8 Å². The number of hydrogen-bond donors (Lipinski definition) is 3. The number of hydrogen-bond acceptors (Lipinski definition) is 4. The molecule has 0 bridgehead atoms. The largest absolute Gasteiger partial charge is 0.479 e. The van der Waals surface area contributed by atoms with E-state index in [0.717, 1.165) is 23.1 Å². The van der Waals surface area contributed by atoms with Gasteiger partial charge in [0.1, 0.15) is 0 Å². The van der Waals surface area contributed by atoms with Crippen LogP contribution < -0.4 is 5.73 Å². The van der Waals surface area contributed by atoms with Crippen LogP contribution in [0.2, 0.25) is 0 Å². The molecule has 5 heteroatoms. The summed E-state index contributed by atoms with van der Waals surface area (Å²) in [6.45, 7) is 5.87. The molecule has 0 saturated carbocycles. The van der Waals surface area contributed by atoms with Crippen LogP contribution in [-0.4, -0.2) is 32.8 Å². The summed E-state index contributed by atoms with van der Waals surface area (Å²) in [4.78, 5) is 16.1. The van der Waals surface area contributed by atoms with Gasteiger partial charge in [-0.15, -0.1) is 0 Å². The Morgan fingerprint density at radius 1 is 1.27 bits per heavy atom. The molecule has 26 heavy (non-hydrogen) atoms. The van der Waals surface area contributed by atoms with Gasteiger partial charge in [-0.2, -0.15) is 0 Å². The molecule has 1 aromatic heterocycles. The SMILES string of the molecule is Cc1cnc(CC(O)(C(=O)O)C(N)CC(C)C)cc1Cc1ccccc1. The molecule has 1 aromatic carbocycles. The molecule has 1 heterocycles. The second-order valence-corrected chi connectivity index (χ2v) is 7.41. The van der Waals surface area contributed by atoms with E-state index in [-0.39, 0.29) is 12.3 Å². The Bertz CT molecular complexity index is 746. The molecule has 0 radical (unpaired) electrons. The van der Waals surface area contributed by atoms with Crippen LogP contribution in [0.15, 0.2) is 42.6 Å². The van der Waals surface area contributed by atoms with Gasteiger partial charge in [-0.25, -0.2) is 4.79 Å². The zero-order valence-corrected chi connectivity index (χ0v) is 15.6. The standard InChI is InChI=1S/C21H28N2O3/c1-14(2)9-19(22)21(26,20(24)25)12-18-11-17(15(3)13-23-18)10-16-7-5-4-6-8-16/h4-8,11,13-14,19,26H,9-10,12,22H2,1-3H3,(H,24,25). The molecule has 0 aliphatic heterocycles. The summed E-state index contributed by atoms with van der Waals surface area (Å²) >= 11 is 0. The number of carboxylic acid groups (broad SMARTS) is 1. The van der Waals surface area contributed by atoms with E-state index in [4.69, 9.17) is 5.73 Å². The maximum Gasteiger partial charge on any atom is 0.337 e. The number of nitrogens with two attached hydrogens (primary N) is 1. The number of aryl methyl sites for hydroxylation is 1. The van der Waals surface area contributed by atoms with Gasteiger partial charge in [0.15, 0.2) is 5.60 Å². The third kappa shape index (κ3) is 4.90. The predicted octanol–water partition coefficient (Wildman–Crippen LogP) is 2.71. The number of carboxylic acids is 1. The minimum absolute atomic E-state index is 0.113. The van der Waals surface area contributed by atoms with Crippen LogP contribution in [0.5, 0.6) is 0 Å². The highest BCUT2D eigenvalue weighted by atomic mass is 16.4. The third-order valence-electron chi connectivity index (χ3n) is 4.67. The highest BCUT2D eigenvalue weighted by molar-refractivity contribution is 5.78. The fraction of sp³-hybridized carbons (Fsp3) is 0.429. The summed E-state index contributed by atoms with van der Waals surface area (Å²) in [6.07, 6.45) is 2.76. The highest BCUT2D eigenvalue weighted by Gasteiger charge is 2.43. The van der Waals surface area contributed by atoms with Gasteiger partial charge < -0.3 is 15.9 Å². The first kappa shape index (κ1) is 20.1. The van der Waals surface area contributed by atoms with Gasteiger partial charge in [0.2, 0.25) is 0 Å². The first-order valence-electron chi connectivity index (χ1n) is 8.92. The van der Waals surface area contributed by atoms with Crippen molar-refractivity contribution in [2.75, 3.05) is 0 Å². The third-order valence-corrected chi connectivity index (χ3v) is 4.67. The van der Waals surface area contributed by atoms with E-state index in [0.29, 0.717) is 12.1 Å². The average molecular weight is 356 g/mol. The summed E-state index contributed by atoms with van der Waals surface area (Å²) in [6, 6.07) is 11.1. The van der Waals surface area contributed by atoms with E-state index in [2.05, 4.69) is 4.98 Å². The summed E-state index contributed by atoms with van der Waals surface area (Å²) in [7, 11) is 0. The summed E-state index contributed by atoms with van der Waals surface area (Å²) in [5.41, 5.74) is 7.79. The topological polar surface area (TPSA) is 96.4 Å². The molecule has 2 unspecified atom stereocenters. The summed E-state index contributed by atoms with van der Waals surface area (Å²) < 4.78 is 0. The molecule has 4 N–H and O–H groups in total. The van der Waals surface area contributed by atoms with Crippen molar-refractivity contribution in [3.05, 3.63) is 65.0 Å². The Balaban J connectivity index is 2.27. The van der Waals surface area contributed by atoms with Crippen molar-refractivity contribution in [1.82, 2.24) is 4.98 Å². The van der Waals surface area contributed by atoms with Crippen LogP contribution in [-0.2, 0) is 17.6 Å². The Kier molecular flexibility index (Phi) is 6.51. The Morgan fingerprint density at radius 2 is 1.92 bits per heavy atom. The number of benzene rings is 1. The van der Waals surface area contributed by atoms with Crippen LogP contribution in [0.25, 0.3) is 0 Å². The van der Waals surface area contributed by atoms with E-state index in [1.54, 1.807) is 6.20 Å². The van der Waals surface area contributed by atoms with E-state index in [1.807, 2.05) is 57.2 Å². The quantitative estimate of drug-likeness (QED) is 0.676. The predicted molar refractivity (Wildman–Crippen MR) is 102 cm³/mol. The lowest BCUT2D eigenvalue weighted by Gasteiger charge is -2.30. The van der Waals surface area contributed by atoms with Gasteiger partial charge in [-0.3, -0.25) is 4.98 Å². The number of aromatic nitrogens is 1. The van der Waals surface area contributed by atoms with Gasteiger partial charge in [0.05, 0.1) is 0 Å². The van der Waals surface area contributed by atoms with Crippen molar-refractivity contribution in [2.24, 2.45) is 11.7 Å². The van der Waals surface area contributed by atoms with Gasteiger partial charge in [0.25, 0.3) is 0 Å². The number of nitrogens with zero attached hydrogens (tertiary/aromatic N) is 1. The molecule has 0 aliphatic carbocycles. The molecule has 5 nitrogen and oxygen atoms in total. The number of aliphatic hydroxyl groups is 1.